The highest BCUT2D eigenvalue weighted by atomic mass is 32.2. The van der Waals surface area contributed by atoms with Gasteiger partial charge in [-0.15, -0.1) is 0 Å². The number of amides is 1. The molecule has 1 amide bonds. The topological polar surface area (TPSA) is 63.7 Å². The van der Waals surface area contributed by atoms with Gasteiger partial charge in [0.1, 0.15) is 10.8 Å². The number of hydrogen-bond donors (Lipinski definition) is 1. The van der Waals surface area contributed by atoms with Crippen LogP contribution in [0.25, 0.3) is 0 Å². The molecule has 1 aliphatic heterocycles. The second-order valence-electron chi connectivity index (χ2n) is 7.44. The van der Waals surface area contributed by atoms with Gasteiger partial charge >= 0.3 is 0 Å². The van der Waals surface area contributed by atoms with E-state index in [0.29, 0.717) is 25.3 Å². The molecule has 2 heterocycles. The third-order valence-corrected chi connectivity index (χ3v) is 6.38. The Hall–Kier alpha value is -2.87. The number of carbonyl (C=O) groups is 1. The van der Waals surface area contributed by atoms with E-state index >= 15 is 0 Å². The molecule has 1 aliphatic rings. The molecule has 0 radical (unpaired) electrons. The number of ether oxygens (including phenoxy) is 2. The molecule has 0 aliphatic carbocycles. The first kappa shape index (κ1) is 22.3. The van der Waals surface area contributed by atoms with Crippen LogP contribution >= 0.6 is 11.8 Å². The molecule has 1 N–H and O–H groups in total. The number of methoxy groups -OCH3 is 1. The van der Waals surface area contributed by atoms with Gasteiger partial charge in [-0.1, -0.05) is 30.0 Å². The first-order valence-electron chi connectivity index (χ1n) is 10.7. The van der Waals surface area contributed by atoms with E-state index in [-0.39, 0.29) is 11.9 Å². The van der Waals surface area contributed by atoms with E-state index in [1.54, 1.807) is 25.1 Å². The predicted molar refractivity (Wildman–Crippen MR) is 125 cm³/mol. The summed E-state index contributed by atoms with van der Waals surface area (Å²) < 4.78 is 10.8. The van der Waals surface area contributed by atoms with E-state index in [1.807, 2.05) is 54.6 Å². The van der Waals surface area contributed by atoms with Gasteiger partial charge in [0.15, 0.2) is 0 Å². The minimum atomic E-state index is -0.0776. The van der Waals surface area contributed by atoms with Crippen molar-refractivity contribution in [3.8, 4) is 5.75 Å². The molecule has 0 saturated carbocycles. The summed E-state index contributed by atoms with van der Waals surface area (Å²) >= 11 is 1.57. The number of morpholine rings is 1. The standard InChI is InChI=1S/C25H27N3O3S/c1-30-21-9-5-19(6-10-21)23(28-14-16-31-17-15-28)18-27-25(29)20-7-11-22(12-8-20)32-24-4-2-3-13-26-24/h2-13,23H,14-18H2,1H3,(H,27,29). The van der Waals surface area contributed by atoms with Crippen molar-refractivity contribution in [2.24, 2.45) is 0 Å². The van der Waals surface area contributed by atoms with Gasteiger partial charge in [-0.25, -0.2) is 4.98 Å². The molecule has 166 valence electrons. The molecule has 0 spiro atoms. The molecule has 6 nitrogen and oxygen atoms in total. The lowest BCUT2D eigenvalue weighted by molar-refractivity contribution is 0.0162. The second-order valence-corrected chi connectivity index (χ2v) is 8.54. The molecule has 4 rings (SSSR count). The summed E-state index contributed by atoms with van der Waals surface area (Å²) in [7, 11) is 1.66. The van der Waals surface area contributed by atoms with Gasteiger partial charge in [0, 0.05) is 36.3 Å². The highest BCUT2D eigenvalue weighted by Gasteiger charge is 2.23. The first-order valence-corrected chi connectivity index (χ1v) is 11.5. The fourth-order valence-electron chi connectivity index (χ4n) is 3.67. The minimum absolute atomic E-state index is 0.0766. The van der Waals surface area contributed by atoms with Gasteiger partial charge in [0.25, 0.3) is 5.91 Å². The lowest BCUT2D eigenvalue weighted by Crippen LogP contribution is -2.43. The number of aromatic nitrogens is 1. The van der Waals surface area contributed by atoms with E-state index in [4.69, 9.17) is 9.47 Å². The highest BCUT2D eigenvalue weighted by Crippen LogP contribution is 2.26. The number of nitrogens with one attached hydrogen (secondary N) is 1. The fourth-order valence-corrected chi connectivity index (χ4v) is 4.44. The summed E-state index contributed by atoms with van der Waals surface area (Å²) in [5.41, 5.74) is 1.79. The van der Waals surface area contributed by atoms with Gasteiger partial charge in [-0.3, -0.25) is 9.69 Å². The quantitative estimate of drug-likeness (QED) is 0.560. The van der Waals surface area contributed by atoms with Gasteiger partial charge in [0.05, 0.1) is 26.4 Å². The summed E-state index contributed by atoms with van der Waals surface area (Å²) in [5.74, 6) is 0.744. The van der Waals surface area contributed by atoms with Gasteiger partial charge in [0.2, 0.25) is 0 Å². The fraction of sp³-hybridized carbons (Fsp3) is 0.280. The number of rotatable bonds is 8. The number of hydrogen-bond acceptors (Lipinski definition) is 6. The predicted octanol–water partition coefficient (Wildman–Crippen LogP) is 4.04. The van der Waals surface area contributed by atoms with Crippen LogP contribution in [0.15, 0.2) is 82.8 Å². The van der Waals surface area contributed by atoms with Crippen molar-refractivity contribution in [3.63, 3.8) is 0 Å². The molecular weight excluding hydrogens is 422 g/mol. The van der Waals surface area contributed by atoms with Crippen molar-refractivity contribution in [1.29, 1.82) is 0 Å². The average molecular weight is 450 g/mol. The Morgan fingerprint density at radius 3 is 2.50 bits per heavy atom. The minimum Gasteiger partial charge on any atom is -0.497 e. The first-order chi connectivity index (χ1) is 15.7. The third-order valence-electron chi connectivity index (χ3n) is 5.42. The Kier molecular flexibility index (Phi) is 7.77. The van der Waals surface area contributed by atoms with Gasteiger partial charge < -0.3 is 14.8 Å². The molecule has 2 aromatic carbocycles. The smallest absolute Gasteiger partial charge is 0.251 e. The number of benzene rings is 2. The summed E-state index contributed by atoms with van der Waals surface area (Å²) in [4.78, 5) is 20.6. The van der Waals surface area contributed by atoms with Gasteiger partial charge in [-0.2, -0.15) is 0 Å². The normalized spacial score (nSPS) is 15.2. The van der Waals surface area contributed by atoms with Crippen LogP contribution in [0.1, 0.15) is 22.0 Å². The Balaban J connectivity index is 1.40. The molecule has 7 heteroatoms. The van der Waals surface area contributed by atoms with Gasteiger partial charge in [-0.05, 0) is 54.1 Å². The Labute approximate surface area is 193 Å². The van der Waals surface area contributed by atoms with E-state index in [9.17, 15) is 4.79 Å². The molecule has 1 saturated heterocycles. The van der Waals surface area contributed by atoms with Crippen LogP contribution in [0.4, 0.5) is 0 Å². The van der Waals surface area contributed by atoms with E-state index in [1.165, 1.54) is 0 Å². The van der Waals surface area contributed by atoms with Crippen LogP contribution in [0.5, 0.6) is 5.75 Å². The Morgan fingerprint density at radius 2 is 1.84 bits per heavy atom. The number of pyridine rings is 1. The lowest BCUT2D eigenvalue weighted by atomic mass is 10.0. The van der Waals surface area contributed by atoms with Crippen LogP contribution in [0, 0.1) is 0 Å². The zero-order chi connectivity index (χ0) is 22.2. The molecule has 1 aromatic heterocycles. The summed E-state index contributed by atoms with van der Waals surface area (Å²) in [6.45, 7) is 3.61. The lowest BCUT2D eigenvalue weighted by Gasteiger charge is -2.35. The summed E-state index contributed by atoms with van der Waals surface area (Å²) in [5, 5.41) is 4.05. The SMILES string of the molecule is COc1ccc(C(CNC(=O)c2ccc(Sc3ccccn3)cc2)N2CCOCC2)cc1. The van der Waals surface area contributed by atoms with Crippen molar-refractivity contribution in [2.75, 3.05) is 40.0 Å². The number of nitrogens with zero attached hydrogens (tertiary/aromatic N) is 2. The maximum atomic E-state index is 12.8. The van der Waals surface area contributed by atoms with Crippen LogP contribution < -0.4 is 10.1 Å². The Bertz CT molecular complexity index is 991. The second kappa shape index (κ2) is 11.1. The van der Waals surface area contributed by atoms with E-state index in [0.717, 1.165) is 34.3 Å². The Morgan fingerprint density at radius 1 is 1.09 bits per heavy atom. The summed E-state index contributed by atoms with van der Waals surface area (Å²) in [6, 6.07) is 21.6. The average Bonchev–Trinajstić information content (AvgIpc) is 2.86. The van der Waals surface area contributed by atoms with E-state index < -0.39 is 0 Å². The molecule has 1 atom stereocenters. The highest BCUT2D eigenvalue weighted by molar-refractivity contribution is 7.99. The van der Waals surface area contributed by atoms with Crippen LogP contribution in [-0.4, -0.2) is 55.7 Å². The zero-order valence-corrected chi connectivity index (χ0v) is 18.9. The zero-order valence-electron chi connectivity index (χ0n) is 18.1. The molecule has 1 fully saturated rings. The van der Waals surface area contributed by atoms with Crippen molar-refractivity contribution < 1.29 is 14.3 Å². The molecule has 32 heavy (non-hydrogen) atoms. The monoisotopic (exact) mass is 449 g/mol. The summed E-state index contributed by atoms with van der Waals surface area (Å²) in [6.07, 6.45) is 1.78. The van der Waals surface area contributed by atoms with Crippen molar-refractivity contribution in [1.82, 2.24) is 15.2 Å². The van der Waals surface area contributed by atoms with Crippen LogP contribution in [-0.2, 0) is 4.74 Å². The maximum Gasteiger partial charge on any atom is 0.251 e. The van der Waals surface area contributed by atoms with Crippen LogP contribution in [0.2, 0.25) is 0 Å². The van der Waals surface area contributed by atoms with Crippen molar-refractivity contribution in [2.45, 2.75) is 16.0 Å². The number of carbonyl (C=O) groups excluding carboxylic acids is 1. The third kappa shape index (κ3) is 5.88. The van der Waals surface area contributed by atoms with E-state index in [2.05, 4.69) is 27.3 Å². The van der Waals surface area contributed by atoms with Crippen LogP contribution in [0.3, 0.4) is 0 Å². The van der Waals surface area contributed by atoms with Crippen molar-refractivity contribution >= 4 is 17.7 Å². The molecular formula is C25H27N3O3S. The van der Waals surface area contributed by atoms with Crippen molar-refractivity contribution in [3.05, 3.63) is 84.1 Å². The largest absolute Gasteiger partial charge is 0.497 e. The molecule has 1 unspecified atom stereocenters. The molecule has 3 aromatic rings. The maximum absolute atomic E-state index is 12.8. The molecule has 0 bridgehead atoms.